The molecular formula is C15H19N3O3. The first-order valence-corrected chi connectivity index (χ1v) is 6.75. The Hall–Kier alpha value is -2.37. The number of benzene rings is 1. The summed E-state index contributed by atoms with van der Waals surface area (Å²) in [5.41, 5.74) is 2.85. The third-order valence-electron chi connectivity index (χ3n) is 3.26. The number of aryl methyl sites for hydroxylation is 1. The second-order valence-corrected chi connectivity index (χ2v) is 5.21. The molecule has 0 fully saturated rings. The second kappa shape index (κ2) is 6.39. The third-order valence-corrected chi connectivity index (χ3v) is 3.26. The van der Waals surface area contributed by atoms with Crippen molar-refractivity contribution in [2.45, 2.75) is 19.4 Å². The van der Waals surface area contributed by atoms with Crippen LogP contribution in [-0.4, -0.2) is 49.2 Å². The van der Waals surface area contributed by atoms with Gasteiger partial charge in [0.05, 0.1) is 12.3 Å². The molecule has 1 aromatic carbocycles. The van der Waals surface area contributed by atoms with Gasteiger partial charge in [-0.25, -0.2) is 0 Å². The molecule has 6 nitrogen and oxygen atoms in total. The molecule has 0 saturated heterocycles. The molecule has 1 N–H and O–H groups in total. The molecule has 0 aromatic heterocycles. The normalized spacial score (nSPS) is 16.9. The van der Waals surface area contributed by atoms with Crippen molar-refractivity contribution in [1.29, 1.82) is 0 Å². The molecule has 2 amide bonds. The molecule has 1 aliphatic heterocycles. The predicted octanol–water partition coefficient (Wildman–Crippen LogP) is 0.692. The van der Waals surface area contributed by atoms with Crippen LogP contribution in [0.15, 0.2) is 29.4 Å². The van der Waals surface area contributed by atoms with Crippen molar-refractivity contribution < 1.29 is 14.4 Å². The highest BCUT2D eigenvalue weighted by molar-refractivity contribution is 6.04. The van der Waals surface area contributed by atoms with Crippen molar-refractivity contribution in [1.82, 2.24) is 10.2 Å². The molecule has 1 aliphatic rings. The highest BCUT2D eigenvalue weighted by Gasteiger charge is 2.29. The average molecular weight is 289 g/mol. The van der Waals surface area contributed by atoms with Gasteiger partial charge in [0.15, 0.2) is 0 Å². The SMILES string of the molecule is Cc1ccc(C2=NO[C@@H](C(=O)NCC(=O)N(C)C)C2)cc1. The summed E-state index contributed by atoms with van der Waals surface area (Å²) < 4.78 is 0. The molecule has 0 aliphatic carbocycles. The average Bonchev–Trinajstić information content (AvgIpc) is 2.94. The summed E-state index contributed by atoms with van der Waals surface area (Å²) in [5, 5.41) is 6.52. The molecule has 1 aromatic rings. The van der Waals surface area contributed by atoms with Crippen LogP contribution < -0.4 is 5.32 Å². The van der Waals surface area contributed by atoms with E-state index in [0.717, 1.165) is 16.8 Å². The lowest BCUT2D eigenvalue weighted by atomic mass is 10.0. The number of nitrogens with zero attached hydrogens (tertiary/aromatic N) is 2. The Balaban J connectivity index is 1.87. The number of amides is 2. The van der Waals surface area contributed by atoms with E-state index in [1.165, 1.54) is 4.90 Å². The quantitative estimate of drug-likeness (QED) is 0.886. The van der Waals surface area contributed by atoms with Crippen LogP contribution in [0.25, 0.3) is 0 Å². The Morgan fingerprint density at radius 3 is 2.62 bits per heavy atom. The second-order valence-electron chi connectivity index (χ2n) is 5.21. The van der Waals surface area contributed by atoms with Gasteiger partial charge in [-0.15, -0.1) is 0 Å². The molecule has 1 atom stereocenters. The minimum atomic E-state index is -0.670. The van der Waals surface area contributed by atoms with Gasteiger partial charge in [0.2, 0.25) is 12.0 Å². The molecule has 1 heterocycles. The lowest BCUT2D eigenvalue weighted by molar-refractivity contribution is -0.135. The summed E-state index contributed by atoms with van der Waals surface area (Å²) >= 11 is 0. The van der Waals surface area contributed by atoms with E-state index in [9.17, 15) is 9.59 Å². The van der Waals surface area contributed by atoms with Gasteiger partial charge >= 0.3 is 0 Å². The number of likely N-dealkylation sites (N-methyl/N-ethyl adjacent to an activating group) is 1. The van der Waals surface area contributed by atoms with Gasteiger partial charge in [-0.1, -0.05) is 35.0 Å². The lowest BCUT2D eigenvalue weighted by Crippen LogP contribution is -2.41. The minimum Gasteiger partial charge on any atom is -0.382 e. The molecule has 6 heteroatoms. The fourth-order valence-electron chi connectivity index (χ4n) is 1.87. The zero-order chi connectivity index (χ0) is 15.4. The summed E-state index contributed by atoms with van der Waals surface area (Å²) in [7, 11) is 3.28. The number of hydrogen-bond acceptors (Lipinski definition) is 4. The van der Waals surface area contributed by atoms with Gasteiger partial charge in [0.25, 0.3) is 5.91 Å². The smallest absolute Gasteiger partial charge is 0.264 e. The Morgan fingerprint density at radius 2 is 2.00 bits per heavy atom. The van der Waals surface area contributed by atoms with Crippen LogP contribution in [0.4, 0.5) is 0 Å². The number of rotatable bonds is 4. The largest absolute Gasteiger partial charge is 0.382 e. The summed E-state index contributed by atoms with van der Waals surface area (Å²) in [6, 6.07) is 7.88. The monoisotopic (exact) mass is 289 g/mol. The Morgan fingerprint density at radius 1 is 1.33 bits per heavy atom. The van der Waals surface area contributed by atoms with Gasteiger partial charge in [-0.05, 0) is 12.5 Å². The first kappa shape index (κ1) is 15.0. The number of oxime groups is 1. The highest BCUT2D eigenvalue weighted by atomic mass is 16.6. The van der Waals surface area contributed by atoms with Gasteiger partial charge in [-0.2, -0.15) is 0 Å². The number of hydrogen-bond donors (Lipinski definition) is 1. The topological polar surface area (TPSA) is 71.0 Å². The van der Waals surface area contributed by atoms with Crippen molar-refractivity contribution >= 4 is 17.5 Å². The van der Waals surface area contributed by atoms with Crippen molar-refractivity contribution in [2.75, 3.05) is 20.6 Å². The van der Waals surface area contributed by atoms with Crippen molar-refractivity contribution in [2.24, 2.45) is 5.16 Å². The number of nitrogens with one attached hydrogen (secondary N) is 1. The predicted molar refractivity (Wildman–Crippen MR) is 78.9 cm³/mol. The Labute approximate surface area is 123 Å². The molecule has 112 valence electrons. The first-order valence-electron chi connectivity index (χ1n) is 6.75. The van der Waals surface area contributed by atoms with E-state index >= 15 is 0 Å². The van der Waals surface area contributed by atoms with Crippen LogP contribution in [-0.2, 0) is 14.4 Å². The van der Waals surface area contributed by atoms with E-state index < -0.39 is 6.10 Å². The van der Waals surface area contributed by atoms with Crippen LogP contribution in [0, 0.1) is 6.92 Å². The van der Waals surface area contributed by atoms with E-state index in [4.69, 9.17) is 4.84 Å². The third kappa shape index (κ3) is 3.81. The molecular weight excluding hydrogens is 270 g/mol. The molecule has 0 saturated carbocycles. The minimum absolute atomic E-state index is 0.0362. The zero-order valence-electron chi connectivity index (χ0n) is 12.4. The van der Waals surface area contributed by atoms with E-state index in [0.29, 0.717) is 6.42 Å². The molecule has 2 rings (SSSR count). The van der Waals surface area contributed by atoms with Gasteiger partial charge in [-0.3, -0.25) is 9.59 Å². The summed E-state index contributed by atoms with van der Waals surface area (Å²) in [4.78, 5) is 29.9. The zero-order valence-corrected chi connectivity index (χ0v) is 12.4. The maximum atomic E-state index is 11.9. The molecule has 0 bridgehead atoms. The summed E-state index contributed by atoms with van der Waals surface area (Å²) in [6.45, 7) is 1.97. The van der Waals surface area contributed by atoms with Gasteiger partial charge in [0, 0.05) is 20.5 Å². The number of carbonyl (C=O) groups excluding carboxylic acids is 2. The number of carbonyl (C=O) groups is 2. The fraction of sp³-hybridized carbons (Fsp3) is 0.400. The molecule has 0 unspecified atom stereocenters. The first-order chi connectivity index (χ1) is 9.97. The van der Waals surface area contributed by atoms with E-state index in [1.807, 2.05) is 31.2 Å². The molecule has 0 spiro atoms. The van der Waals surface area contributed by atoms with Crippen LogP contribution in [0.5, 0.6) is 0 Å². The van der Waals surface area contributed by atoms with E-state index in [-0.39, 0.29) is 18.4 Å². The van der Waals surface area contributed by atoms with Crippen LogP contribution in [0.2, 0.25) is 0 Å². The Bertz CT molecular complexity index is 564. The lowest BCUT2D eigenvalue weighted by Gasteiger charge is -2.12. The Kier molecular flexibility index (Phi) is 4.57. The van der Waals surface area contributed by atoms with Crippen LogP contribution in [0.3, 0.4) is 0 Å². The van der Waals surface area contributed by atoms with Crippen LogP contribution in [0.1, 0.15) is 17.5 Å². The van der Waals surface area contributed by atoms with Crippen molar-refractivity contribution in [3.05, 3.63) is 35.4 Å². The van der Waals surface area contributed by atoms with Gasteiger partial charge < -0.3 is 15.1 Å². The highest BCUT2D eigenvalue weighted by Crippen LogP contribution is 2.17. The molecule has 0 radical (unpaired) electrons. The van der Waals surface area contributed by atoms with E-state index in [2.05, 4.69) is 10.5 Å². The van der Waals surface area contributed by atoms with E-state index in [1.54, 1.807) is 14.1 Å². The molecule has 21 heavy (non-hydrogen) atoms. The maximum Gasteiger partial charge on any atom is 0.264 e. The van der Waals surface area contributed by atoms with Crippen molar-refractivity contribution in [3.63, 3.8) is 0 Å². The fourth-order valence-corrected chi connectivity index (χ4v) is 1.87. The summed E-state index contributed by atoms with van der Waals surface area (Å²) in [6.07, 6.45) is -0.262. The van der Waals surface area contributed by atoms with Gasteiger partial charge in [0.1, 0.15) is 0 Å². The van der Waals surface area contributed by atoms with Crippen molar-refractivity contribution in [3.8, 4) is 0 Å². The maximum absolute atomic E-state index is 11.9. The van der Waals surface area contributed by atoms with Crippen LogP contribution >= 0.6 is 0 Å². The summed E-state index contributed by atoms with van der Waals surface area (Å²) in [5.74, 6) is -0.489. The standard InChI is InChI=1S/C15H19N3O3/c1-10-4-6-11(7-5-10)12-8-13(21-17-12)15(20)16-9-14(19)18(2)3/h4-7,13H,8-9H2,1-3H3,(H,16,20)/t13-/m1/s1.